The highest BCUT2D eigenvalue weighted by Gasteiger charge is 2.39. The van der Waals surface area contributed by atoms with Crippen molar-refractivity contribution < 1.29 is 4.79 Å². The zero-order chi connectivity index (χ0) is 11.0. The highest BCUT2D eigenvalue weighted by molar-refractivity contribution is 6.29. The first-order valence-electron chi connectivity index (χ1n) is 5.02. The second-order valence-corrected chi connectivity index (χ2v) is 4.46. The molecule has 1 N–H and O–H groups in total. The summed E-state index contributed by atoms with van der Waals surface area (Å²) in [6, 6.07) is 3.47. The highest BCUT2D eigenvalue weighted by atomic mass is 35.5. The van der Waals surface area contributed by atoms with Gasteiger partial charge in [0.25, 0.3) is 0 Å². The number of carbonyl (C=O) groups excluding carboxylic acids is 1. The van der Waals surface area contributed by atoms with E-state index in [1.54, 1.807) is 12.1 Å². The van der Waals surface area contributed by atoms with Gasteiger partial charge in [-0.3, -0.25) is 4.79 Å². The number of halogens is 1. The van der Waals surface area contributed by atoms with E-state index in [0.717, 1.165) is 17.8 Å². The maximum atomic E-state index is 11.7. The van der Waals surface area contributed by atoms with Gasteiger partial charge in [0.15, 0.2) is 0 Å². The third-order valence-corrected chi connectivity index (χ3v) is 2.97. The molecule has 1 aromatic heterocycles. The Morgan fingerprint density at radius 2 is 2.27 bits per heavy atom. The Hall–Kier alpha value is -1.09. The second kappa shape index (κ2) is 3.81. The summed E-state index contributed by atoms with van der Waals surface area (Å²) in [7, 11) is 0. The Morgan fingerprint density at radius 1 is 1.60 bits per heavy atom. The van der Waals surface area contributed by atoms with E-state index < -0.39 is 0 Å². The molecule has 80 valence electrons. The molecule has 0 spiro atoms. The summed E-state index contributed by atoms with van der Waals surface area (Å²) in [5, 5.41) is 3.32. The van der Waals surface area contributed by atoms with E-state index in [1.165, 1.54) is 0 Å². The summed E-state index contributed by atoms with van der Waals surface area (Å²) in [6.07, 6.45) is 0.992. The van der Waals surface area contributed by atoms with E-state index in [4.69, 9.17) is 11.6 Å². The first-order chi connectivity index (χ1) is 7.08. The molecule has 1 fully saturated rings. The lowest BCUT2D eigenvalue weighted by atomic mass is 10.2. The van der Waals surface area contributed by atoms with E-state index in [9.17, 15) is 4.79 Å². The summed E-state index contributed by atoms with van der Waals surface area (Å²) < 4.78 is 0. The van der Waals surface area contributed by atoms with Crippen molar-refractivity contribution in [3.05, 3.63) is 23.0 Å². The van der Waals surface area contributed by atoms with Crippen LogP contribution in [0, 0.1) is 18.8 Å². The summed E-state index contributed by atoms with van der Waals surface area (Å²) in [4.78, 5) is 15.7. The van der Waals surface area contributed by atoms with Crippen molar-refractivity contribution in [2.75, 3.05) is 5.32 Å². The Kier molecular flexibility index (Phi) is 2.65. The Balaban J connectivity index is 2.07. The third-order valence-electron chi connectivity index (χ3n) is 2.76. The van der Waals surface area contributed by atoms with Crippen molar-refractivity contribution in [1.29, 1.82) is 0 Å². The lowest BCUT2D eigenvalue weighted by Gasteiger charge is -2.07. The minimum atomic E-state index is 0.0923. The zero-order valence-electron chi connectivity index (χ0n) is 8.75. The number of hydrogen-bond acceptors (Lipinski definition) is 2. The van der Waals surface area contributed by atoms with Gasteiger partial charge in [0.2, 0.25) is 5.91 Å². The molecule has 0 aromatic carbocycles. The summed E-state index contributed by atoms with van der Waals surface area (Å²) in [5.41, 5.74) is 1.51. The van der Waals surface area contributed by atoms with Gasteiger partial charge in [-0.2, -0.15) is 0 Å². The third kappa shape index (κ3) is 2.29. The van der Waals surface area contributed by atoms with Gasteiger partial charge in [0.1, 0.15) is 5.15 Å². The molecule has 1 saturated carbocycles. The number of amides is 1. The summed E-state index contributed by atoms with van der Waals surface area (Å²) >= 11 is 5.73. The molecule has 3 nitrogen and oxygen atoms in total. The van der Waals surface area contributed by atoms with Crippen molar-refractivity contribution in [2.24, 2.45) is 11.8 Å². The number of hydrogen-bond donors (Lipinski definition) is 1. The number of pyridine rings is 1. The van der Waals surface area contributed by atoms with Crippen LogP contribution >= 0.6 is 11.6 Å². The summed E-state index contributed by atoms with van der Waals surface area (Å²) in [6.45, 7) is 3.91. The summed E-state index contributed by atoms with van der Waals surface area (Å²) in [5.74, 6) is 0.792. The molecule has 2 unspecified atom stereocenters. The average molecular weight is 225 g/mol. The molecular formula is C11H13ClN2O. The van der Waals surface area contributed by atoms with Crippen molar-refractivity contribution in [3.63, 3.8) is 0 Å². The SMILES string of the molecule is Cc1nc(Cl)ccc1NC(=O)C1CC1C. The fourth-order valence-corrected chi connectivity index (χ4v) is 1.77. The van der Waals surface area contributed by atoms with E-state index in [-0.39, 0.29) is 11.8 Å². The van der Waals surface area contributed by atoms with Gasteiger partial charge in [-0.15, -0.1) is 0 Å². The largest absolute Gasteiger partial charge is 0.324 e. The van der Waals surface area contributed by atoms with E-state index >= 15 is 0 Å². The van der Waals surface area contributed by atoms with Gasteiger partial charge in [-0.05, 0) is 31.4 Å². The van der Waals surface area contributed by atoms with Crippen molar-refractivity contribution >= 4 is 23.2 Å². The number of nitrogens with zero attached hydrogens (tertiary/aromatic N) is 1. The minimum absolute atomic E-state index is 0.0923. The molecule has 0 bridgehead atoms. The fraction of sp³-hybridized carbons (Fsp3) is 0.455. The number of nitrogens with one attached hydrogen (secondary N) is 1. The fourth-order valence-electron chi connectivity index (χ4n) is 1.58. The van der Waals surface area contributed by atoms with E-state index in [2.05, 4.69) is 17.2 Å². The molecule has 2 rings (SSSR count). The van der Waals surface area contributed by atoms with Gasteiger partial charge < -0.3 is 5.32 Å². The monoisotopic (exact) mass is 224 g/mol. The van der Waals surface area contributed by atoms with Gasteiger partial charge >= 0.3 is 0 Å². The molecule has 1 heterocycles. The average Bonchev–Trinajstić information content (AvgIpc) is 2.88. The van der Waals surface area contributed by atoms with Crippen LogP contribution in [0.4, 0.5) is 5.69 Å². The normalized spacial score (nSPS) is 23.7. The molecule has 1 aliphatic rings. The standard InChI is InChI=1S/C11H13ClN2O/c1-6-5-8(6)11(15)14-9-3-4-10(12)13-7(9)2/h3-4,6,8H,5H2,1-2H3,(H,14,15). The van der Waals surface area contributed by atoms with Crippen LogP contribution in [-0.4, -0.2) is 10.9 Å². The topological polar surface area (TPSA) is 42.0 Å². The van der Waals surface area contributed by atoms with Crippen molar-refractivity contribution in [2.45, 2.75) is 20.3 Å². The molecule has 15 heavy (non-hydrogen) atoms. The molecule has 1 aromatic rings. The maximum absolute atomic E-state index is 11.7. The molecule has 0 aliphatic heterocycles. The van der Waals surface area contributed by atoms with Crippen LogP contribution in [0.25, 0.3) is 0 Å². The predicted molar refractivity (Wildman–Crippen MR) is 59.9 cm³/mol. The quantitative estimate of drug-likeness (QED) is 0.785. The maximum Gasteiger partial charge on any atom is 0.227 e. The lowest BCUT2D eigenvalue weighted by Crippen LogP contribution is -2.15. The van der Waals surface area contributed by atoms with Crippen LogP contribution in [0.1, 0.15) is 19.0 Å². The number of rotatable bonds is 2. The lowest BCUT2D eigenvalue weighted by molar-refractivity contribution is -0.117. The Morgan fingerprint density at radius 3 is 2.80 bits per heavy atom. The zero-order valence-corrected chi connectivity index (χ0v) is 9.51. The van der Waals surface area contributed by atoms with Crippen LogP contribution < -0.4 is 5.32 Å². The van der Waals surface area contributed by atoms with E-state index in [1.807, 2.05) is 6.92 Å². The molecular weight excluding hydrogens is 212 g/mol. The molecule has 4 heteroatoms. The van der Waals surface area contributed by atoms with Crippen LogP contribution in [-0.2, 0) is 4.79 Å². The van der Waals surface area contributed by atoms with Gasteiger partial charge in [-0.1, -0.05) is 18.5 Å². The van der Waals surface area contributed by atoms with Crippen molar-refractivity contribution in [1.82, 2.24) is 4.98 Å². The molecule has 1 amide bonds. The molecule has 0 radical (unpaired) electrons. The number of aryl methyl sites for hydroxylation is 1. The van der Waals surface area contributed by atoms with Gasteiger partial charge in [0, 0.05) is 5.92 Å². The van der Waals surface area contributed by atoms with Gasteiger partial charge in [-0.25, -0.2) is 4.98 Å². The predicted octanol–water partition coefficient (Wildman–Crippen LogP) is 2.64. The first-order valence-corrected chi connectivity index (χ1v) is 5.39. The Labute approximate surface area is 93.8 Å². The second-order valence-electron chi connectivity index (χ2n) is 4.08. The Bertz CT molecular complexity index is 406. The van der Waals surface area contributed by atoms with Crippen LogP contribution in [0.15, 0.2) is 12.1 Å². The van der Waals surface area contributed by atoms with E-state index in [0.29, 0.717) is 11.1 Å². The number of carbonyl (C=O) groups is 1. The highest BCUT2D eigenvalue weighted by Crippen LogP contribution is 2.38. The van der Waals surface area contributed by atoms with Crippen molar-refractivity contribution in [3.8, 4) is 0 Å². The number of aromatic nitrogens is 1. The molecule has 0 saturated heterocycles. The van der Waals surface area contributed by atoms with Crippen LogP contribution in [0.2, 0.25) is 5.15 Å². The smallest absolute Gasteiger partial charge is 0.227 e. The van der Waals surface area contributed by atoms with Crippen LogP contribution in [0.3, 0.4) is 0 Å². The van der Waals surface area contributed by atoms with Gasteiger partial charge in [0.05, 0.1) is 11.4 Å². The first kappa shape index (κ1) is 10.4. The molecule has 2 atom stereocenters. The minimum Gasteiger partial charge on any atom is -0.324 e. The molecule has 1 aliphatic carbocycles. The number of anilines is 1. The van der Waals surface area contributed by atoms with Crippen LogP contribution in [0.5, 0.6) is 0 Å².